The summed E-state index contributed by atoms with van der Waals surface area (Å²) >= 11 is 0. The standard InChI is InChI=1S/C22H25N3O4/c1-16-12-18(17(2)25(16)14-20-7-5-11-29-20)8-9-22(27)24(3)15-21(26)23-13-19-6-4-10-28-19/h4-12H,13-15H2,1-3H3,(H,23,26)/b9-8+. The SMILES string of the molecule is Cc1cc(/C=C/C(=O)N(C)CC(=O)NCc2ccco2)c(C)n1Cc1ccco1. The van der Waals surface area contributed by atoms with Crippen molar-refractivity contribution in [3.63, 3.8) is 0 Å². The minimum atomic E-state index is -0.248. The average Bonchev–Trinajstić information content (AvgIpc) is 3.44. The van der Waals surface area contributed by atoms with Gasteiger partial charge in [-0.1, -0.05) is 0 Å². The molecule has 2 amide bonds. The van der Waals surface area contributed by atoms with E-state index in [9.17, 15) is 9.59 Å². The number of carbonyl (C=O) groups excluding carboxylic acids is 2. The molecule has 3 rings (SSSR count). The van der Waals surface area contributed by atoms with Gasteiger partial charge in [-0.15, -0.1) is 0 Å². The number of aryl methyl sites for hydroxylation is 1. The maximum Gasteiger partial charge on any atom is 0.246 e. The lowest BCUT2D eigenvalue weighted by Gasteiger charge is -2.14. The summed E-state index contributed by atoms with van der Waals surface area (Å²) in [5, 5.41) is 2.72. The Morgan fingerprint density at radius 3 is 2.48 bits per heavy atom. The van der Waals surface area contributed by atoms with Crippen LogP contribution in [-0.2, 0) is 22.7 Å². The molecule has 0 aliphatic rings. The van der Waals surface area contributed by atoms with Gasteiger partial charge in [-0.25, -0.2) is 0 Å². The van der Waals surface area contributed by atoms with Crippen molar-refractivity contribution in [2.24, 2.45) is 0 Å². The van der Waals surface area contributed by atoms with E-state index in [0.717, 1.165) is 22.7 Å². The maximum absolute atomic E-state index is 12.4. The highest BCUT2D eigenvalue weighted by Gasteiger charge is 2.12. The number of amides is 2. The molecule has 7 nitrogen and oxygen atoms in total. The Morgan fingerprint density at radius 2 is 1.83 bits per heavy atom. The normalized spacial score (nSPS) is 11.1. The number of hydrogen-bond acceptors (Lipinski definition) is 4. The molecular weight excluding hydrogens is 370 g/mol. The highest BCUT2D eigenvalue weighted by molar-refractivity contribution is 5.94. The molecule has 0 spiro atoms. The Labute approximate surface area is 169 Å². The van der Waals surface area contributed by atoms with Crippen molar-refractivity contribution in [3.8, 4) is 0 Å². The van der Waals surface area contributed by atoms with E-state index in [0.29, 0.717) is 18.8 Å². The van der Waals surface area contributed by atoms with Crippen LogP contribution in [0.2, 0.25) is 0 Å². The molecule has 0 atom stereocenters. The van der Waals surface area contributed by atoms with Crippen LogP contribution in [0.15, 0.2) is 57.8 Å². The molecule has 0 aliphatic heterocycles. The fourth-order valence-electron chi connectivity index (χ4n) is 3.03. The number of carbonyl (C=O) groups is 2. The van der Waals surface area contributed by atoms with Crippen LogP contribution >= 0.6 is 0 Å². The summed E-state index contributed by atoms with van der Waals surface area (Å²) in [4.78, 5) is 25.7. The van der Waals surface area contributed by atoms with Gasteiger partial charge in [0.1, 0.15) is 11.5 Å². The van der Waals surface area contributed by atoms with Crippen molar-refractivity contribution < 1.29 is 18.4 Å². The molecule has 7 heteroatoms. The Morgan fingerprint density at radius 1 is 1.14 bits per heavy atom. The number of aromatic nitrogens is 1. The second-order valence-electron chi connectivity index (χ2n) is 6.88. The quantitative estimate of drug-likeness (QED) is 0.594. The van der Waals surface area contributed by atoms with Gasteiger partial charge in [-0.05, 0) is 55.8 Å². The summed E-state index contributed by atoms with van der Waals surface area (Å²) in [5.41, 5.74) is 3.08. The molecule has 1 N–H and O–H groups in total. The minimum Gasteiger partial charge on any atom is -0.467 e. The first-order valence-electron chi connectivity index (χ1n) is 9.35. The van der Waals surface area contributed by atoms with E-state index in [4.69, 9.17) is 8.83 Å². The first-order valence-corrected chi connectivity index (χ1v) is 9.35. The number of rotatable bonds is 8. The van der Waals surface area contributed by atoms with Crippen molar-refractivity contribution in [2.45, 2.75) is 26.9 Å². The predicted octanol–water partition coefficient (Wildman–Crippen LogP) is 3.13. The lowest BCUT2D eigenvalue weighted by atomic mass is 10.2. The minimum absolute atomic E-state index is 0.0264. The molecular formula is C22H25N3O4. The molecule has 152 valence electrons. The number of likely N-dealkylation sites (N-methyl/N-ethyl adjacent to an activating group) is 1. The molecule has 0 saturated heterocycles. The fourth-order valence-corrected chi connectivity index (χ4v) is 3.03. The Hall–Kier alpha value is -3.48. The van der Waals surface area contributed by atoms with Crippen LogP contribution in [0.3, 0.4) is 0 Å². The molecule has 0 fully saturated rings. The average molecular weight is 395 g/mol. The van der Waals surface area contributed by atoms with Gasteiger partial charge >= 0.3 is 0 Å². The van der Waals surface area contributed by atoms with Gasteiger partial charge in [0.15, 0.2) is 0 Å². The number of furan rings is 2. The number of nitrogens with one attached hydrogen (secondary N) is 1. The Bertz CT molecular complexity index is 982. The van der Waals surface area contributed by atoms with Gasteiger partial charge in [0.2, 0.25) is 11.8 Å². The van der Waals surface area contributed by atoms with E-state index in [2.05, 4.69) is 9.88 Å². The van der Waals surface area contributed by atoms with E-state index in [1.807, 2.05) is 32.0 Å². The fraction of sp³-hybridized carbons (Fsp3) is 0.273. The smallest absolute Gasteiger partial charge is 0.246 e. The van der Waals surface area contributed by atoms with E-state index in [1.54, 1.807) is 37.8 Å². The summed E-state index contributed by atoms with van der Waals surface area (Å²) in [6, 6.07) is 9.36. The van der Waals surface area contributed by atoms with Crippen LogP contribution in [0, 0.1) is 13.8 Å². The van der Waals surface area contributed by atoms with Crippen LogP contribution < -0.4 is 5.32 Å². The largest absolute Gasteiger partial charge is 0.467 e. The molecule has 0 radical (unpaired) electrons. The predicted molar refractivity (Wildman–Crippen MR) is 109 cm³/mol. The third kappa shape index (κ3) is 5.28. The number of hydrogen-bond donors (Lipinski definition) is 1. The van der Waals surface area contributed by atoms with Gasteiger partial charge in [0.25, 0.3) is 0 Å². The highest BCUT2D eigenvalue weighted by Crippen LogP contribution is 2.18. The first-order chi connectivity index (χ1) is 13.9. The molecule has 3 aromatic rings. The second kappa shape index (κ2) is 9.14. The Balaban J connectivity index is 1.56. The Kier molecular flexibility index (Phi) is 6.39. The number of nitrogens with zero attached hydrogens (tertiary/aromatic N) is 2. The van der Waals surface area contributed by atoms with Crippen molar-refractivity contribution in [3.05, 3.63) is 77.4 Å². The zero-order valence-electron chi connectivity index (χ0n) is 16.8. The van der Waals surface area contributed by atoms with Gasteiger partial charge in [0, 0.05) is 24.5 Å². The molecule has 0 aliphatic carbocycles. The van der Waals surface area contributed by atoms with Crippen LogP contribution in [0.1, 0.15) is 28.5 Å². The maximum atomic E-state index is 12.4. The molecule has 0 unspecified atom stereocenters. The monoisotopic (exact) mass is 395 g/mol. The summed E-state index contributed by atoms with van der Waals surface area (Å²) in [6.07, 6.45) is 6.47. The topological polar surface area (TPSA) is 80.6 Å². The zero-order chi connectivity index (χ0) is 20.8. The molecule has 0 aromatic carbocycles. The second-order valence-corrected chi connectivity index (χ2v) is 6.88. The lowest BCUT2D eigenvalue weighted by molar-refractivity contribution is -0.131. The van der Waals surface area contributed by atoms with Crippen molar-refractivity contribution >= 4 is 17.9 Å². The van der Waals surface area contributed by atoms with E-state index in [1.165, 1.54) is 11.0 Å². The summed E-state index contributed by atoms with van der Waals surface area (Å²) in [7, 11) is 1.60. The molecule has 29 heavy (non-hydrogen) atoms. The third-order valence-corrected chi connectivity index (χ3v) is 4.71. The summed E-state index contributed by atoms with van der Waals surface area (Å²) in [6.45, 7) is 4.94. The van der Waals surface area contributed by atoms with Crippen LogP contribution in [0.4, 0.5) is 0 Å². The van der Waals surface area contributed by atoms with Crippen molar-refractivity contribution in [2.75, 3.05) is 13.6 Å². The highest BCUT2D eigenvalue weighted by atomic mass is 16.3. The van der Waals surface area contributed by atoms with E-state index in [-0.39, 0.29) is 18.4 Å². The third-order valence-electron chi connectivity index (χ3n) is 4.71. The molecule has 3 heterocycles. The van der Waals surface area contributed by atoms with E-state index >= 15 is 0 Å². The van der Waals surface area contributed by atoms with Crippen molar-refractivity contribution in [1.29, 1.82) is 0 Å². The molecule has 3 aromatic heterocycles. The first kappa shape index (κ1) is 20.3. The van der Waals surface area contributed by atoms with Crippen LogP contribution in [-0.4, -0.2) is 34.9 Å². The van der Waals surface area contributed by atoms with E-state index < -0.39 is 0 Å². The van der Waals surface area contributed by atoms with Crippen LogP contribution in [0.25, 0.3) is 6.08 Å². The molecule has 0 saturated carbocycles. The van der Waals surface area contributed by atoms with Gasteiger partial charge in [0.05, 0.1) is 32.2 Å². The summed E-state index contributed by atoms with van der Waals surface area (Å²) in [5.74, 6) is 1.05. The lowest BCUT2D eigenvalue weighted by Crippen LogP contribution is -2.37. The zero-order valence-corrected chi connectivity index (χ0v) is 16.8. The summed E-state index contributed by atoms with van der Waals surface area (Å²) < 4.78 is 12.7. The van der Waals surface area contributed by atoms with Crippen molar-refractivity contribution in [1.82, 2.24) is 14.8 Å². The van der Waals surface area contributed by atoms with Crippen LogP contribution in [0.5, 0.6) is 0 Å². The van der Waals surface area contributed by atoms with Gasteiger partial charge < -0.3 is 23.6 Å². The molecule has 0 bridgehead atoms. The van der Waals surface area contributed by atoms with Gasteiger partial charge in [-0.3, -0.25) is 9.59 Å². The van der Waals surface area contributed by atoms with Gasteiger partial charge in [-0.2, -0.15) is 0 Å².